The third kappa shape index (κ3) is 5.27. The molecular weight excluding hydrogens is 444 g/mol. The summed E-state index contributed by atoms with van der Waals surface area (Å²) >= 11 is 0. The van der Waals surface area contributed by atoms with Crippen LogP contribution in [0.25, 0.3) is 22.2 Å². The molecule has 0 radical (unpaired) electrons. The number of fused-ring (bicyclic) bond motifs is 1. The fraction of sp³-hybridized carbons (Fsp3) is 0.360. The maximum Gasteiger partial charge on any atom is 0.219 e. The van der Waals surface area contributed by atoms with Crippen LogP contribution in [0.4, 0.5) is 11.6 Å². The van der Waals surface area contributed by atoms with Gasteiger partial charge in [0.15, 0.2) is 5.82 Å². The number of anilines is 2. The van der Waals surface area contributed by atoms with Crippen molar-refractivity contribution < 1.29 is 9.53 Å². The first-order valence-electron chi connectivity index (χ1n) is 11.7. The highest BCUT2D eigenvalue weighted by Gasteiger charge is 2.28. The van der Waals surface area contributed by atoms with Gasteiger partial charge in [0.25, 0.3) is 0 Å². The number of aromatic nitrogens is 6. The Morgan fingerprint density at radius 2 is 1.97 bits per heavy atom. The largest absolute Gasteiger partial charge is 0.373 e. The first-order valence-corrected chi connectivity index (χ1v) is 11.7. The number of nitrogens with zero attached hydrogens (tertiary/aromatic N) is 7. The minimum atomic E-state index is 0.0944. The fourth-order valence-corrected chi connectivity index (χ4v) is 3.87. The van der Waals surface area contributed by atoms with Crippen molar-refractivity contribution in [2.24, 2.45) is 0 Å². The molecule has 0 aliphatic carbocycles. The second-order valence-corrected chi connectivity index (χ2v) is 9.02. The molecule has 4 aromatic rings. The van der Waals surface area contributed by atoms with Crippen LogP contribution in [0.3, 0.4) is 0 Å². The summed E-state index contributed by atoms with van der Waals surface area (Å²) in [7, 11) is 0. The van der Waals surface area contributed by atoms with Gasteiger partial charge in [0.2, 0.25) is 5.91 Å². The molecule has 10 nitrogen and oxygen atoms in total. The van der Waals surface area contributed by atoms with E-state index in [2.05, 4.69) is 39.4 Å². The zero-order valence-corrected chi connectivity index (χ0v) is 20.0. The SMILES string of the molecule is CC(=O)N1CC(OCCn2cc(-c3cnc4ccc(Nc5cc(C(C)C)cnn5)nc4c3)cn2)C1. The number of pyridine rings is 2. The number of likely N-dealkylation sites (tertiary alicyclic amines) is 1. The van der Waals surface area contributed by atoms with Crippen LogP contribution in [0.5, 0.6) is 0 Å². The topological polar surface area (TPSA) is 111 Å². The predicted molar refractivity (Wildman–Crippen MR) is 132 cm³/mol. The maximum atomic E-state index is 11.3. The van der Waals surface area contributed by atoms with Crippen molar-refractivity contribution in [2.45, 2.75) is 39.3 Å². The molecule has 0 saturated carbocycles. The fourth-order valence-electron chi connectivity index (χ4n) is 3.87. The molecule has 5 heterocycles. The lowest BCUT2D eigenvalue weighted by Crippen LogP contribution is -2.54. The van der Waals surface area contributed by atoms with Crippen molar-refractivity contribution in [2.75, 3.05) is 25.0 Å². The molecule has 0 spiro atoms. The lowest BCUT2D eigenvalue weighted by molar-refractivity contribution is -0.142. The third-order valence-electron chi connectivity index (χ3n) is 6.07. The van der Waals surface area contributed by atoms with Crippen LogP contribution in [-0.2, 0) is 16.1 Å². The van der Waals surface area contributed by atoms with Crippen molar-refractivity contribution in [3.63, 3.8) is 0 Å². The van der Waals surface area contributed by atoms with Gasteiger partial charge >= 0.3 is 0 Å². The van der Waals surface area contributed by atoms with Gasteiger partial charge in [0.1, 0.15) is 5.82 Å². The van der Waals surface area contributed by atoms with Crippen LogP contribution in [0, 0.1) is 0 Å². The van der Waals surface area contributed by atoms with E-state index in [0.717, 1.165) is 27.7 Å². The van der Waals surface area contributed by atoms with Crippen molar-refractivity contribution in [1.82, 2.24) is 34.8 Å². The van der Waals surface area contributed by atoms with E-state index < -0.39 is 0 Å². The average molecular weight is 473 g/mol. The molecule has 0 atom stereocenters. The average Bonchev–Trinajstić information content (AvgIpc) is 3.29. The van der Waals surface area contributed by atoms with Gasteiger partial charge in [-0.1, -0.05) is 13.8 Å². The van der Waals surface area contributed by atoms with E-state index in [9.17, 15) is 4.79 Å². The molecule has 180 valence electrons. The van der Waals surface area contributed by atoms with Gasteiger partial charge in [0.05, 0.1) is 42.7 Å². The zero-order valence-electron chi connectivity index (χ0n) is 20.0. The molecule has 1 amide bonds. The number of amides is 1. The number of carbonyl (C=O) groups is 1. The zero-order chi connectivity index (χ0) is 24.4. The Balaban J connectivity index is 1.24. The normalized spacial score (nSPS) is 13.9. The van der Waals surface area contributed by atoms with E-state index in [0.29, 0.717) is 43.8 Å². The van der Waals surface area contributed by atoms with Crippen molar-refractivity contribution in [3.05, 3.63) is 54.6 Å². The Morgan fingerprint density at radius 1 is 1.11 bits per heavy atom. The molecule has 1 N–H and O–H groups in total. The van der Waals surface area contributed by atoms with E-state index in [-0.39, 0.29) is 12.0 Å². The van der Waals surface area contributed by atoms with Crippen molar-refractivity contribution in [3.8, 4) is 11.1 Å². The predicted octanol–water partition coefficient (Wildman–Crippen LogP) is 3.40. The molecule has 1 aliphatic rings. The monoisotopic (exact) mass is 472 g/mol. The summed E-state index contributed by atoms with van der Waals surface area (Å²) in [6, 6.07) is 7.81. The number of hydrogen-bond donors (Lipinski definition) is 1. The Labute approximate surface area is 203 Å². The molecular formula is C25H28N8O2. The summed E-state index contributed by atoms with van der Waals surface area (Å²) in [5, 5.41) is 15.9. The van der Waals surface area contributed by atoms with E-state index >= 15 is 0 Å². The van der Waals surface area contributed by atoms with Crippen LogP contribution < -0.4 is 5.32 Å². The molecule has 0 bridgehead atoms. The molecule has 0 unspecified atom stereocenters. The summed E-state index contributed by atoms with van der Waals surface area (Å²) in [6.07, 6.45) is 7.52. The van der Waals surface area contributed by atoms with Gasteiger partial charge in [-0.15, -0.1) is 5.10 Å². The molecule has 5 rings (SSSR count). The Morgan fingerprint density at radius 3 is 2.77 bits per heavy atom. The van der Waals surface area contributed by atoms with Gasteiger partial charge in [-0.3, -0.25) is 14.5 Å². The van der Waals surface area contributed by atoms with Gasteiger partial charge in [0, 0.05) is 43.5 Å². The van der Waals surface area contributed by atoms with E-state index in [1.807, 2.05) is 47.5 Å². The molecule has 1 fully saturated rings. The second kappa shape index (κ2) is 9.75. The van der Waals surface area contributed by atoms with Gasteiger partial charge in [-0.25, -0.2) is 4.98 Å². The summed E-state index contributed by atoms with van der Waals surface area (Å²) in [5.41, 5.74) is 4.59. The van der Waals surface area contributed by atoms with Crippen LogP contribution in [0.15, 0.2) is 49.1 Å². The third-order valence-corrected chi connectivity index (χ3v) is 6.07. The van der Waals surface area contributed by atoms with Gasteiger partial charge in [-0.05, 0) is 35.7 Å². The lowest BCUT2D eigenvalue weighted by Gasteiger charge is -2.38. The minimum absolute atomic E-state index is 0.0944. The molecule has 1 aliphatic heterocycles. The first-order chi connectivity index (χ1) is 16.9. The maximum absolute atomic E-state index is 11.3. The molecule has 4 aromatic heterocycles. The Kier molecular flexibility index (Phi) is 6.37. The van der Waals surface area contributed by atoms with Gasteiger partial charge < -0.3 is 15.0 Å². The van der Waals surface area contributed by atoms with E-state index in [4.69, 9.17) is 9.72 Å². The van der Waals surface area contributed by atoms with Crippen molar-refractivity contribution in [1.29, 1.82) is 0 Å². The first kappa shape index (κ1) is 22.9. The highest BCUT2D eigenvalue weighted by molar-refractivity contribution is 5.81. The number of hydrogen-bond acceptors (Lipinski definition) is 8. The smallest absolute Gasteiger partial charge is 0.219 e. The number of nitrogens with one attached hydrogen (secondary N) is 1. The molecule has 0 aromatic carbocycles. The minimum Gasteiger partial charge on any atom is -0.373 e. The number of ether oxygens (including phenoxy) is 1. The van der Waals surface area contributed by atoms with Crippen LogP contribution in [0.1, 0.15) is 32.3 Å². The van der Waals surface area contributed by atoms with E-state index in [1.165, 1.54) is 0 Å². The summed E-state index contributed by atoms with van der Waals surface area (Å²) in [5.74, 6) is 1.80. The summed E-state index contributed by atoms with van der Waals surface area (Å²) < 4.78 is 7.68. The van der Waals surface area contributed by atoms with Crippen LogP contribution in [0.2, 0.25) is 0 Å². The Bertz CT molecular complexity index is 1350. The lowest BCUT2D eigenvalue weighted by atomic mass is 10.1. The quantitative estimate of drug-likeness (QED) is 0.415. The van der Waals surface area contributed by atoms with Gasteiger partial charge in [-0.2, -0.15) is 10.2 Å². The molecule has 35 heavy (non-hydrogen) atoms. The number of carbonyl (C=O) groups excluding carboxylic acids is 1. The second-order valence-electron chi connectivity index (χ2n) is 9.02. The number of rotatable bonds is 8. The van der Waals surface area contributed by atoms with E-state index in [1.54, 1.807) is 18.0 Å². The highest BCUT2D eigenvalue weighted by atomic mass is 16.5. The van der Waals surface area contributed by atoms with Crippen LogP contribution >= 0.6 is 0 Å². The summed E-state index contributed by atoms with van der Waals surface area (Å²) in [4.78, 5) is 22.3. The molecule has 1 saturated heterocycles. The van der Waals surface area contributed by atoms with Crippen LogP contribution in [-0.4, -0.2) is 66.6 Å². The standard InChI is InChI=1S/C25H28N8O2/c1-16(2)18-9-25(31-27-11-18)30-24-5-4-22-23(29-24)8-19(10-26-22)20-12-28-33(13-20)6-7-35-21-14-32(15-21)17(3)34/h4-5,8-13,16,21H,6-7,14-15H2,1-3H3,(H,29,30,31). The van der Waals surface area contributed by atoms with Crippen molar-refractivity contribution >= 4 is 28.6 Å². The highest BCUT2D eigenvalue weighted by Crippen LogP contribution is 2.24. The molecule has 10 heteroatoms. The summed E-state index contributed by atoms with van der Waals surface area (Å²) in [6.45, 7) is 8.34. The Hall–Kier alpha value is -3.92.